The first-order chi connectivity index (χ1) is 9.67. The Bertz CT molecular complexity index is 448. The third kappa shape index (κ3) is 4.53. The smallest absolute Gasteiger partial charge is 0.220 e. The highest BCUT2D eigenvalue weighted by Crippen LogP contribution is 2.14. The van der Waals surface area contributed by atoms with E-state index in [-0.39, 0.29) is 5.91 Å². The second kappa shape index (κ2) is 7.29. The van der Waals surface area contributed by atoms with Gasteiger partial charge in [-0.1, -0.05) is 12.1 Å². The van der Waals surface area contributed by atoms with Crippen LogP contribution in [0.4, 0.5) is 0 Å². The van der Waals surface area contributed by atoms with Crippen molar-refractivity contribution in [3.05, 3.63) is 29.8 Å². The standard InChI is InChI=1S/C16H24N2O2/c1-12-10-14(8-9-17-12)18-16(19)7-6-13-4-3-5-15(11-13)20-2/h3-5,11-12,14,17H,6-10H2,1-2H3,(H,18,19). The molecular weight excluding hydrogens is 252 g/mol. The summed E-state index contributed by atoms with van der Waals surface area (Å²) in [5, 5.41) is 6.53. The minimum Gasteiger partial charge on any atom is -0.497 e. The summed E-state index contributed by atoms with van der Waals surface area (Å²) in [4.78, 5) is 12.0. The molecule has 0 radical (unpaired) electrons. The Hall–Kier alpha value is -1.55. The van der Waals surface area contributed by atoms with Gasteiger partial charge in [-0.25, -0.2) is 0 Å². The fraction of sp³-hybridized carbons (Fsp3) is 0.562. The quantitative estimate of drug-likeness (QED) is 0.863. The predicted molar refractivity (Wildman–Crippen MR) is 79.9 cm³/mol. The van der Waals surface area contributed by atoms with E-state index in [4.69, 9.17) is 4.74 Å². The Morgan fingerprint density at radius 2 is 2.35 bits per heavy atom. The summed E-state index contributed by atoms with van der Waals surface area (Å²) in [6.07, 6.45) is 3.33. The van der Waals surface area contributed by atoms with Gasteiger partial charge in [0.15, 0.2) is 0 Å². The van der Waals surface area contributed by atoms with Crippen LogP contribution in [0.2, 0.25) is 0 Å². The van der Waals surface area contributed by atoms with Gasteiger partial charge in [0, 0.05) is 18.5 Å². The molecule has 2 atom stereocenters. The third-order valence-corrected chi connectivity index (χ3v) is 3.76. The number of ether oxygens (including phenoxy) is 1. The Morgan fingerprint density at radius 3 is 3.10 bits per heavy atom. The van der Waals surface area contributed by atoms with E-state index >= 15 is 0 Å². The molecular formula is C16H24N2O2. The van der Waals surface area contributed by atoms with Gasteiger partial charge < -0.3 is 15.4 Å². The van der Waals surface area contributed by atoms with Crippen LogP contribution in [0.15, 0.2) is 24.3 Å². The summed E-state index contributed by atoms with van der Waals surface area (Å²) in [7, 11) is 1.66. The molecule has 2 unspecified atom stereocenters. The van der Waals surface area contributed by atoms with Crippen molar-refractivity contribution in [3.63, 3.8) is 0 Å². The van der Waals surface area contributed by atoms with Gasteiger partial charge in [-0.2, -0.15) is 0 Å². The molecule has 1 saturated heterocycles. The van der Waals surface area contributed by atoms with Crippen LogP contribution in [-0.4, -0.2) is 31.6 Å². The molecule has 0 saturated carbocycles. The topological polar surface area (TPSA) is 50.4 Å². The number of carbonyl (C=O) groups is 1. The molecule has 1 fully saturated rings. The number of rotatable bonds is 5. The molecule has 0 bridgehead atoms. The zero-order valence-corrected chi connectivity index (χ0v) is 12.3. The van der Waals surface area contributed by atoms with Crippen molar-refractivity contribution in [1.82, 2.24) is 10.6 Å². The van der Waals surface area contributed by atoms with Crippen molar-refractivity contribution in [2.45, 2.75) is 44.7 Å². The van der Waals surface area contributed by atoms with E-state index in [0.29, 0.717) is 18.5 Å². The number of hydrogen-bond acceptors (Lipinski definition) is 3. The zero-order chi connectivity index (χ0) is 14.4. The number of carbonyl (C=O) groups excluding carboxylic acids is 1. The summed E-state index contributed by atoms with van der Waals surface area (Å²) in [6.45, 7) is 3.15. The van der Waals surface area contributed by atoms with E-state index in [1.165, 1.54) is 0 Å². The molecule has 20 heavy (non-hydrogen) atoms. The molecule has 4 nitrogen and oxygen atoms in total. The highest BCUT2D eigenvalue weighted by atomic mass is 16.5. The molecule has 1 heterocycles. The Morgan fingerprint density at radius 1 is 1.50 bits per heavy atom. The highest BCUT2D eigenvalue weighted by Gasteiger charge is 2.19. The average molecular weight is 276 g/mol. The van der Waals surface area contributed by atoms with Crippen molar-refractivity contribution < 1.29 is 9.53 Å². The van der Waals surface area contributed by atoms with E-state index in [1.807, 2.05) is 24.3 Å². The first-order valence-electron chi connectivity index (χ1n) is 7.33. The first-order valence-corrected chi connectivity index (χ1v) is 7.33. The SMILES string of the molecule is COc1cccc(CCC(=O)NC2CCNC(C)C2)c1. The third-order valence-electron chi connectivity index (χ3n) is 3.76. The Labute approximate surface area is 120 Å². The van der Waals surface area contributed by atoms with E-state index in [0.717, 1.165) is 37.1 Å². The summed E-state index contributed by atoms with van der Waals surface area (Å²) < 4.78 is 5.19. The van der Waals surface area contributed by atoms with Crippen molar-refractivity contribution in [3.8, 4) is 5.75 Å². The largest absolute Gasteiger partial charge is 0.497 e. The van der Waals surface area contributed by atoms with Crippen LogP contribution in [0.3, 0.4) is 0 Å². The summed E-state index contributed by atoms with van der Waals surface area (Å²) in [6, 6.07) is 8.71. The van der Waals surface area contributed by atoms with Crippen molar-refractivity contribution in [1.29, 1.82) is 0 Å². The minimum atomic E-state index is 0.145. The molecule has 0 aromatic heterocycles. The number of benzene rings is 1. The number of methoxy groups -OCH3 is 1. The molecule has 1 amide bonds. The van der Waals surface area contributed by atoms with Crippen LogP contribution >= 0.6 is 0 Å². The van der Waals surface area contributed by atoms with Gasteiger partial charge in [0.1, 0.15) is 5.75 Å². The average Bonchev–Trinajstić information content (AvgIpc) is 2.45. The fourth-order valence-electron chi connectivity index (χ4n) is 2.65. The number of piperidine rings is 1. The molecule has 2 rings (SSSR count). The number of amides is 1. The van der Waals surface area contributed by atoms with Gasteiger partial charge in [-0.3, -0.25) is 4.79 Å². The lowest BCUT2D eigenvalue weighted by Crippen LogP contribution is -2.46. The van der Waals surface area contributed by atoms with Crippen LogP contribution in [0, 0.1) is 0 Å². The Balaban J connectivity index is 1.76. The van der Waals surface area contributed by atoms with Crippen LogP contribution in [0.25, 0.3) is 0 Å². The lowest BCUT2D eigenvalue weighted by Gasteiger charge is -2.28. The zero-order valence-electron chi connectivity index (χ0n) is 12.3. The molecule has 4 heteroatoms. The van der Waals surface area contributed by atoms with Crippen molar-refractivity contribution in [2.75, 3.05) is 13.7 Å². The summed E-state index contributed by atoms with van der Waals surface area (Å²) in [5.74, 6) is 0.988. The maximum Gasteiger partial charge on any atom is 0.220 e. The summed E-state index contributed by atoms with van der Waals surface area (Å²) in [5.41, 5.74) is 1.14. The molecule has 1 aliphatic rings. The lowest BCUT2D eigenvalue weighted by atomic mass is 10.0. The minimum absolute atomic E-state index is 0.145. The van der Waals surface area contributed by atoms with Gasteiger partial charge in [-0.15, -0.1) is 0 Å². The van der Waals surface area contributed by atoms with Gasteiger partial charge in [0.05, 0.1) is 7.11 Å². The maximum atomic E-state index is 12.0. The van der Waals surface area contributed by atoms with Crippen LogP contribution < -0.4 is 15.4 Å². The van der Waals surface area contributed by atoms with E-state index in [1.54, 1.807) is 7.11 Å². The molecule has 1 aromatic carbocycles. The number of aryl methyl sites for hydroxylation is 1. The predicted octanol–water partition coefficient (Wildman–Crippen LogP) is 1.88. The van der Waals surface area contributed by atoms with Crippen molar-refractivity contribution >= 4 is 5.91 Å². The van der Waals surface area contributed by atoms with Crippen LogP contribution in [0.5, 0.6) is 5.75 Å². The fourth-order valence-corrected chi connectivity index (χ4v) is 2.65. The van der Waals surface area contributed by atoms with Gasteiger partial charge in [-0.05, 0) is 50.4 Å². The molecule has 0 spiro atoms. The second-order valence-corrected chi connectivity index (χ2v) is 5.50. The summed E-state index contributed by atoms with van der Waals surface area (Å²) >= 11 is 0. The lowest BCUT2D eigenvalue weighted by molar-refractivity contribution is -0.122. The maximum absolute atomic E-state index is 12.0. The monoisotopic (exact) mass is 276 g/mol. The van der Waals surface area contributed by atoms with Crippen LogP contribution in [-0.2, 0) is 11.2 Å². The Kier molecular flexibility index (Phi) is 5.41. The first kappa shape index (κ1) is 14.9. The van der Waals surface area contributed by atoms with E-state index in [9.17, 15) is 4.79 Å². The van der Waals surface area contributed by atoms with Crippen LogP contribution in [0.1, 0.15) is 31.7 Å². The van der Waals surface area contributed by atoms with Gasteiger partial charge in [0.25, 0.3) is 0 Å². The molecule has 1 aromatic rings. The number of hydrogen-bond donors (Lipinski definition) is 2. The molecule has 110 valence electrons. The molecule has 2 N–H and O–H groups in total. The van der Waals surface area contributed by atoms with Gasteiger partial charge >= 0.3 is 0 Å². The highest BCUT2D eigenvalue weighted by molar-refractivity contribution is 5.76. The van der Waals surface area contributed by atoms with Gasteiger partial charge in [0.2, 0.25) is 5.91 Å². The molecule has 1 aliphatic heterocycles. The van der Waals surface area contributed by atoms with Crippen molar-refractivity contribution in [2.24, 2.45) is 0 Å². The normalized spacial score (nSPS) is 22.3. The number of nitrogens with one attached hydrogen (secondary N) is 2. The van der Waals surface area contributed by atoms with E-state index < -0.39 is 0 Å². The second-order valence-electron chi connectivity index (χ2n) is 5.50. The molecule has 0 aliphatic carbocycles. The van der Waals surface area contributed by atoms with E-state index in [2.05, 4.69) is 17.6 Å².